The van der Waals surface area contributed by atoms with Crippen molar-refractivity contribution in [2.24, 2.45) is 23.2 Å². The first-order chi connectivity index (χ1) is 9.99. The Kier molecular flexibility index (Phi) is 3.84. The molecule has 2 N–H and O–H groups in total. The molecule has 118 valence electrons. The van der Waals surface area contributed by atoms with E-state index in [9.17, 15) is 9.59 Å². The highest BCUT2D eigenvalue weighted by Gasteiger charge is 2.51. The predicted molar refractivity (Wildman–Crippen MR) is 76.8 cm³/mol. The number of nitrogens with one attached hydrogen (secondary N) is 1. The normalized spacial score (nSPS) is 38.0. The number of carboxylic acid groups (broad SMARTS) is 1. The van der Waals surface area contributed by atoms with Gasteiger partial charge in [0.15, 0.2) is 0 Å². The average molecular weight is 295 g/mol. The molecule has 0 aromatic carbocycles. The lowest BCUT2D eigenvalue weighted by molar-refractivity contribution is -0.139. The molecule has 21 heavy (non-hydrogen) atoms. The Morgan fingerprint density at radius 1 is 1.19 bits per heavy atom. The Balaban J connectivity index is 1.53. The zero-order chi connectivity index (χ0) is 15.0. The minimum atomic E-state index is -1.01. The molecule has 0 aromatic heterocycles. The third-order valence-electron chi connectivity index (χ3n) is 5.67. The Morgan fingerprint density at radius 3 is 2.14 bits per heavy atom. The first kappa shape index (κ1) is 14.7. The first-order valence-electron chi connectivity index (χ1n) is 8.16. The van der Waals surface area contributed by atoms with Crippen LogP contribution in [0.1, 0.15) is 51.9 Å². The highest BCUT2D eigenvalue weighted by atomic mass is 16.5. The third-order valence-corrected chi connectivity index (χ3v) is 5.67. The van der Waals surface area contributed by atoms with Crippen molar-refractivity contribution in [1.82, 2.24) is 5.32 Å². The predicted octanol–water partition coefficient (Wildman–Crippen LogP) is 2.79. The van der Waals surface area contributed by atoms with Crippen LogP contribution in [0.3, 0.4) is 0 Å². The van der Waals surface area contributed by atoms with Gasteiger partial charge in [-0.15, -0.1) is 0 Å². The lowest BCUT2D eigenvalue weighted by Gasteiger charge is -2.56. The van der Waals surface area contributed by atoms with Crippen LogP contribution < -0.4 is 5.32 Å². The molecule has 0 spiro atoms. The number of alkyl carbamates (subject to hydrolysis) is 1. The zero-order valence-corrected chi connectivity index (χ0v) is 12.6. The number of amides is 1. The van der Waals surface area contributed by atoms with Crippen molar-refractivity contribution in [3.8, 4) is 0 Å². The van der Waals surface area contributed by atoms with Crippen LogP contribution in [0.25, 0.3) is 0 Å². The van der Waals surface area contributed by atoms with Gasteiger partial charge in [0.25, 0.3) is 0 Å². The van der Waals surface area contributed by atoms with Crippen LogP contribution in [0.5, 0.6) is 0 Å². The third kappa shape index (κ3) is 3.01. The second-order valence-corrected chi connectivity index (χ2v) is 7.44. The van der Waals surface area contributed by atoms with Gasteiger partial charge in [-0.1, -0.05) is 6.92 Å². The van der Waals surface area contributed by atoms with Crippen LogP contribution >= 0.6 is 0 Å². The van der Waals surface area contributed by atoms with E-state index in [0.29, 0.717) is 13.0 Å². The number of ether oxygens (including phenoxy) is 1. The van der Waals surface area contributed by atoms with Crippen LogP contribution in [0.2, 0.25) is 0 Å². The van der Waals surface area contributed by atoms with E-state index in [1.54, 1.807) is 6.92 Å². The van der Waals surface area contributed by atoms with Gasteiger partial charge < -0.3 is 15.2 Å². The molecular weight excluding hydrogens is 270 g/mol. The molecule has 0 unspecified atom stereocenters. The number of hydrogen-bond acceptors (Lipinski definition) is 3. The monoisotopic (exact) mass is 295 g/mol. The number of carbonyl (C=O) groups excluding carboxylic acids is 1. The Morgan fingerprint density at radius 2 is 1.71 bits per heavy atom. The molecule has 1 atom stereocenters. The molecule has 0 saturated heterocycles. The molecule has 1 amide bonds. The van der Waals surface area contributed by atoms with Crippen LogP contribution in [-0.2, 0) is 9.53 Å². The molecule has 4 saturated carbocycles. The Labute approximate surface area is 125 Å². The summed E-state index contributed by atoms with van der Waals surface area (Å²) in [6, 6.07) is -0.853. The van der Waals surface area contributed by atoms with Gasteiger partial charge in [-0.2, -0.15) is 0 Å². The fourth-order valence-electron chi connectivity index (χ4n) is 5.21. The standard InChI is InChI=1S/C16H25NO4/c1-2-13(14(18)19)17-15(20)21-9-16-6-10-3-11(7-16)5-12(4-10)8-16/h10-13H,2-9H2,1H3,(H,17,20)(H,18,19)/t10?,11?,12?,13-,16?/m0/s1. The van der Waals surface area contributed by atoms with Gasteiger partial charge in [-0.05, 0) is 62.7 Å². The van der Waals surface area contributed by atoms with Crippen LogP contribution in [0, 0.1) is 23.2 Å². The Hall–Kier alpha value is -1.26. The lowest BCUT2D eigenvalue weighted by Crippen LogP contribution is -2.49. The van der Waals surface area contributed by atoms with Crippen molar-refractivity contribution >= 4 is 12.1 Å². The number of rotatable bonds is 5. The molecule has 4 aliphatic rings. The minimum Gasteiger partial charge on any atom is -0.480 e. The van der Waals surface area contributed by atoms with Crippen molar-refractivity contribution in [1.29, 1.82) is 0 Å². The largest absolute Gasteiger partial charge is 0.480 e. The van der Waals surface area contributed by atoms with Crippen molar-refractivity contribution in [3.05, 3.63) is 0 Å². The summed E-state index contributed by atoms with van der Waals surface area (Å²) in [4.78, 5) is 22.7. The number of aliphatic carboxylic acids is 1. The average Bonchev–Trinajstić information content (AvgIpc) is 2.41. The Bertz CT molecular complexity index is 399. The fourth-order valence-corrected chi connectivity index (χ4v) is 5.21. The van der Waals surface area contributed by atoms with E-state index in [-0.39, 0.29) is 5.41 Å². The van der Waals surface area contributed by atoms with Gasteiger partial charge in [-0.3, -0.25) is 0 Å². The van der Waals surface area contributed by atoms with Crippen molar-refractivity contribution < 1.29 is 19.4 Å². The quantitative estimate of drug-likeness (QED) is 0.817. The van der Waals surface area contributed by atoms with E-state index < -0.39 is 18.1 Å². The molecule has 0 radical (unpaired) electrons. The molecule has 0 heterocycles. The van der Waals surface area contributed by atoms with E-state index >= 15 is 0 Å². The van der Waals surface area contributed by atoms with E-state index in [0.717, 1.165) is 17.8 Å². The van der Waals surface area contributed by atoms with Gasteiger partial charge in [0.05, 0.1) is 6.61 Å². The molecule has 0 aliphatic heterocycles. The highest BCUT2D eigenvalue weighted by Crippen LogP contribution is 2.60. The smallest absolute Gasteiger partial charge is 0.407 e. The fraction of sp³-hybridized carbons (Fsp3) is 0.875. The van der Waals surface area contributed by atoms with Gasteiger partial charge in [0.1, 0.15) is 6.04 Å². The summed E-state index contributed by atoms with van der Waals surface area (Å²) in [5, 5.41) is 11.4. The maximum absolute atomic E-state index is 11.8. The van der Waals surface area contributed by atoms with Crippen molar-refractivity contribution in [2.75, 3.05) is 6.61 Å². The summed E-state index contributed by atoms with van der Waals surface area (Å²) in [5.41, 5.74) is 0.178. The van der Waals surface area contributed by atoms with E-state index in [2.05, 4.69) is 5.32 Å². The summed E-state index contributed by atoms with van der Waals surface area (Å²) >= 11 is 0. The van der Waals surface area contributed by atoms with Gasteiger partial charge in [0.2, 0.25) is 0 Å². The number of carbonyl (C=O) groups is 2. The molecule has 0 aromatic rings. The number of carboxylic acids is 1. The van der Waals surface area contributed by atoms with Crippen molar-refractivity contribution in [2.45, 2.75) is 57.9 Å². The molecule has 5 heteroatoms. The summed E-state index contributed by atoms with van der Waals surface area (Å²) < 4.78 is 5.40. The molecular formula is C16H25NO4. The van der Waals surface area contributed by atoms with Crippen LogP contribution in [0.15, 0.2) is 0 Å². The SMILES string of the molecule is CC[C@H](NC(=O)OCC12CC3CC(CC(C3)C1)C2)C(=O)O. The molecule has 4 aliphatic carbocycles. The molecule has 4 bridgehead atoms. The van der Waals surface area contributed by atoms with Gasteiger partial charge >= 0.3 is 12.1 Å². The maximum Gasteiger partial charge on any atom is 0.407 e. The number of hydrogen-bond donors (Lipinski definition) is 2. The summed E-state index contributed by atoms with van der Waals surface area (Å²) in [6.45, 7) is 2.19. The summed E-state index contributed by atoms with van der Waals surface area (Å²) in [5.74, 6) is 1.46. The summed E-state index contributed by atoms with van der Waals surface area (Å²) in [7, 11) is 0. The van der Waals surface area contributed by atoms with E-state index in [1.165, 1.54) is 38.5 Å². The molecule has 4 rings (SSSR count). The van der Waals surface area contributed by atoms with E-state index in [4.69, 9.17) is 9.84 Å². The second-order valence-electron chi connectivity index (χ2n) is 7.44. The lowest BCUT2D eigenvalue weighted by atomic mass is 9.50. The van der Waals surface area contributed by atoms with Crippen LogP contribution in [0.4, 0.5) is 4.79 Å². The minimum absolute atomic E-state index is 0.178. The summed E-state index contributed by atoms with van der Waals surface area (Å²) in [6.07, 6.45) is 7.42. The van der Waals surface area contributed by atoms with Gasteiger partial charge in [0, 0.05) is 5.41 Å². The molecule has 5 nitrogen and oxygen atoms in total. The van der Waals surface area contributed by atoms with Crippen molar-refractivity contribution in [3.63, 3.8) is 0 Å². The maximum atomic E-state index is 11.8. The van der Waals surface area contributed by atoms with Crippen LogP contribution in [-0.4, -0.2) is 29.8 Å². The molecule has 4 fully saturated rings. The second kappa shape index (κ2) is 5.50. The first-order valence-corrected chi connectivity index (χ1v) is 8.16. The topological polar surface area (TPSA) is 75.6 Å². The van der Waals surface area contributed by atoms with Gasteiger partial charge in [-0.25, -0.2) is 9.59 Å². The highest BCUT2D eigenvalue weighted by molar-refractivity contribution is 5.79. The van der Waals surface area contributed by atoms with E-state index in [1.807, 2.05) is 0 Å². The zero-order valence-electron chi connectivity index (χ0n) is 12.6.